The monoisotopic (exact) mass is 274 g/mol. The molecule has 3 rings (SSSR count). The van der Waals surface area contributed by atoms with Crippen LogP contribution in [0.25, 0.3) is 10.9 Å². The van der Waals surface area contributed by atoms with Crippen LogP contribution >= 0.6 is 11.6 Å². The molecule has 4 heteroatoms. The molecule has 3 nitrogen and oxygen atoms in total. The van der Waals surface area contributed by atoms with Crippen LogP contribution in [0.1, 0.15) is 12.0 Å². The predicted molar refractivity (Wildman–Crippen MR) is 77.7 cm³/mol. The van der Waals surface area contributed by atoms with Crippen molar-refractivity contribution in [3.63, 3.8) is 0 Å². The Bertz CT molecular complexity index is 641. The number of amides is 1. The zero-order valence-electron chi connectivity index (χ0n) is 10.8. The normalized spacial score (nSPS) is 19.4. The predicted octanol–water partition coefficient (Wildman–Crippen LogP) is 3.13. The van der Waals surface area contributed by atoms with Crippen LogP contribution in [0.15, 0.2) is 30.5 Å². The van der Waals surface area contributed by atoms with Crippen LogP contribution in [0, 0.1) is 12.8 Å². The third-order valence-corrected chi connectivity index (χ3v) is 4.09. The van der Waals surface area contributed by atoms with E-state index in [9.17, 15) is 4.79 Å². The highest BCUT2D eigenvalue weighted by Crippen LogP contribution is 2.34. The number of carbonyl (C=O) groups excluding carboxylic acids is 1. The van der Waals surface area contributed by atoms with E-state index in [1.807, 2.05) is 36.1 Å². The quantitative estimate of drug-likeness (QED) is 0.788. The van der Waals surface area contributed by atoms with Gasteiger partial charge in [0.15, 0.2) is 0 Å². The number of alkyl halides is 1. The van der Waals surface area contributed by atoms with Crippen molar-refractivity contribution in [1.82, 2.24) is 4.98 Å². The lowest BCUT2D eigenvalue weighted by Gasteiger charge is -2.21. The number of halogens is 1. The van der Waals surface area contributed by atoms with E-state index in [4.69, 9.17) is 11.6 Å². The first-order chi connectivity index (χ1) is 9.20. The first-order valence-electron chi connectivity index (χ1n) is 6.41. The number of hydrogen-bond acceptors (Lipinski definition) is 2. The highest BCUT2D eigenvalue weighted by Gasteiger charge is 2.31. The molecular formula is C15H15ClN2O. The molecule has 2 aromatic rings. The number of benzene rings is 1. The lowest BCUT2D eigenvalue weighted by Crippen LogP contribution is -2.25. The molecule has 0 N–H and O–H groups in total. The van der Waals surface area contributed by atoms with Gasteiger partial charge in [0.25, 0.3) is 0 Å². The highest BCUT2D eigenvalue weighted by molar-refractivity contribution is 6.18. The van der Waals surface area contributed by atoms with Crippen LogP contribution < -0.4 is 4.90 Å². The Labute approximate surface area is 117 Å². The van der Waals surface area contributed by atoms with Gasteiger partial charge in [0.05, 0.1) is 11.2 Å². The molecule has 0 saturated carbocycles. The van der Waals surface area contributed by atoms with Crippen LogP contribution in [0.3, 0.4) is 0 Å². The van der Waals surface area contributed by atoms with E-state index in [0.29, 0.717) is 18.8 Å². The Morgan fingerprint density at radius 1 is 1.42 bits per heavy atom. The second kappa shape index (κ2) is 4.82. The summed E-state index contributed by atoms with van der Waals surface area (Å²) >= 11 is 5.89. The maximum absolute atomic E-state index is 12.2. The maximum atomic E-state index is 12.2. The molecule has 19 heavy (non-hydrogen) atoms. The van der Waals surface area contributed by atoms with Crippen molar-refractivity contribution >= 4 is 34.1 Å². The summed E-state index contributed by atoms with van der Waals surface area (Å²) in [6.07, 6.45) is 2.31. The van der Waals surface area contributed by atoms with Gasteiger partial charge in [-0.25, -0.2) is 0 Å². The zero-order valence-corrected chi connectivity index (χ0v) is 11.5. The van der Waals surface area contributed by atoms with Gasteiger partial charge in [-0.3, -0.25) is 9.78 Å². The second-order valence-corrected chi connectivity index (χ2v) is 5.34. The summed E-state index contributed by atoms with van der Waals surface area (Å²) in [6, 6.07) is 7.94. The van der Waals surface area contributed by atoms with Crippen molar-refractivity contribution < 1.29 is 4.79 Å². The number of aryl methyl sites for hydroxylation is 1. The molecular weight excluding hydrogens is 260 g/mol. The second-order valence-electron chi connectivity index (χ2n) is 5.03. The Hall–Kier alpha value is -1.61. The average molecular weight is 275 g/mol. The third-order valence-electron chi connectivity index (χ3n) is 3.65. The molecule has 1 aromatic carbocycles. The van der Waals surface area contributed by atoms with Gasteiger partial charge in [-0.2, -0.15) is 0 Å². The average Bonchev–Trinajstić information content (AvgIpc) is 2.80. The van der Waals surface area contributed by atoms with Gasteiger partial charge in [-0.15, -0.1) is 11.6 Å². The van der Waals surface area contributed by atoms with Gasteiger partial charge < -0.3 is 4.90 Å². The third kappa shape index (κ3) is 2.08. The fraction of sp³-hybridized carbons (Fsp3) is 0.333. The number of pyridine rings is 1. The number of nitrogens with zero attached hydrogens (tertiary/aromatic N) is 2. The van der Waals surface area contributed by atoms with Crippen LogP contribution in [-0.2, 0) is 4.79 Å². The van der Waals surface area contributed by atoms with E-state index in [1.54, 1.807) is 6.20 Å². The first-order valence-corrected chi connectivity index (χ1v) is 6.95. The van der Waals surface area contributed by atoms with Crippen LogP contribution in [-0.4, -0.2) is 23.3 Å². The summed E-state index contributed by atoms with van der Waals surface area (Å²) in [4.78, 5) is 18.4. The highest BCUT2D eigenvalue weighted by atomic mass is 35.5. The number of hydrogen-bond donors (Lipinski definition) is 0. The molecule has 1 saturated heterocycles. The molecule has 1 unspecified atom stereocenters. The standard InChI is InChI=1S/C15H15ClN2O/c1-10-4-5-13-12(3-2-6-17-13)15(10)18-9-11(8-16)7-14(18)19/h2-6,11H,7-9H2,1H3. The van der Waals surface area contributed by atoms with Gasteiger partial charge in [0.1, 0.15) is 0 Å². The Morgan fingerprint density at radius 2 is 2.26 bits per heavy atom. The van der Waals surface area contributed by atoms with Gasteiger partial charge in [-0.05, 0) is 36.6 Å². The van der Waals surface area contributed by atoms with Crippen molar-refractivity contribution in [1.29, 1.82) is 0 Å². The number of rotatable bonds is 2. The number of fused-ring (bicyclic) bond motifs is 1. The molecule has 1 atom stereocenters. The van der Waals surface area contributed by atoms with Crippen LogP contribution in [0.5, 0.6) is 0 Å². The Balaban J connectivity index is 2.14. The summed E-state index contributed by atoms with van der Waals surface area (Å²) < 4.78 is 0. The fourth-order valence-corrected chi connectivity index (χ4v) is 2.91. The minimum Gasteiger partial charge on any atom is -0.311 e. The molecule has 0 spiro atoms. The number of carbonyl (C=O) groups is 1. The fourth-order valence-electron chi connectivity index (χ4n) is 2.71. The topological polar surface area (TPSA) is 33.2 Å². The number of aromatic nitrogens is 1. The molecule has 1 aliphatic heterocycles. The van der Waals surface area contributed by atoms with E-state index in [-0.39, 0.29) is 11.8 Å². The molecule has 1 aliphatic rings. The maximum Gasteiger partial charge on any atom is 0.227 e. The van der Waals surface area contributed by atoms with E-state index >= 15 is 0 Å². The number of anilines is 1. The lowest BCUT2D eigenvalue weighted by atomic mass is 10.1. The molecule has 2 heterocycles. The van der Waals surface area contributed by atoms with E-state index in [2.05, 4.69) is 4.98 Å². The molecule has 1 aromatic heterocycles. The first kappa shape index (κ1) is 12.4. The summed E-state index contributed by atoms with van der Waals surface area (Å²) in [5, 5.41) is 1.03. The minimum atomic E-state index is 0.158. The van der Waals surface area contributed by atoms with Gasteiger partial charge in [0.2, 0.25) is 5.91 Å². The largest absolute Gasteiger partial charge is 0.311 e. The van der Waals surface area contributed by atoms with Crippen molar-refractivity contribution in [2.24, 2.45) is 5.92 Å². The lowest BCUT2D eigenvalue weighted by molar-refractivity contribution is -0.117. The van der Waals surface area contributed by atoms with Crippen molar-refractivity contribution in [2.45, 2.75) is 13.3 Å². The SMILES string of the molecule is Cc1ccc2ncccc2c1N1CC(CCl)CC1=O. The summed E-state index contributed by atoms with van der Waals surface area (Å²) in [6.45, 7) is 2.74. The molecule has 0 radical (unpaired) electrons. The van der Waals surface area contributed by atoms with E-state index < -0.39 is 0 Å². The Morgan fingerprint density at radius 3 is 3.00 bits per heavy atom. The zero-order chi connectivity index (χ0) is 13.4. The summed E-state index contributed by atoms with van der Waals surface area (Å²) in [5.74, 6) is 0.940. The van der Waals surface area contributed by atoms with Gasteiger partial charge >= 0.3 is 0 Å². The molecule has 0 aliphatic carbocycles. The smallest absolute Gasteiger partial charge is 0.227 e. The van der Waals surface area contributed by atoms with E-state index in [0.717, 1.165) is 22.2 Å². The van der Waals surface area contributed by atoms with Crippen molar-refractivity contribution in [2.75, 3.05) is 17.3 Å². The van der Waals surface area contributed by atoms with Crippen LogP contribution in [0.4, 0.5) is 5.69 Å². The van der Waals surface area contributed by atoms with Crippen molar-refractivity contribution in [3.05, 3.63) is 36.0 Å². The Kier molecular flexibility index (Phi) is 3.15. The molecule has 0 bridgehead atoms. The van der Waals surface area contributed by atoms with E-state index in [1.165, 1.54) is 0 Å². The molecule has 1 fully saturated rings. The molecule has 1 amide bonds. The molecule has 98 valence electrons. The summed E-state index contributed by atoms with van der Waals surface area (Å²) in [7, 11) is 0. The summed E-state index contributed by atoms with van der Waals surface area (Å²) in [5.41, 5.74) is 3.01. The minimum absolute atomic E-state index is 0.158. The van der Waals surface area contributed by atoms with Crippen LogP contribution in [0.2, 0.25) is 0 Å². The van der Waals surface area contributed by atoms with Crippen molar-refractivity contribution in [3.8, 4) is 0 Å². The van der Waals surface area contributed by atoms with Gasteiger partial charge in [0, 0.05) is 30.4 Å². The van der Waals surface area contributed by atoms with Gasteiger partial charge in [-0.1, -0.05) is 6.07 Å².